The molecule has 0 atom stereocenters. The van der Waals surface area contributed by atoms with Gasteiger partial charge in [-0.15, -0.1) is 0 Å². The van der Waals surface area contributed by atoms with Crippen molar-refractivity contribution in [3.8, 4) is 11.3 Å². The van der Waals surface area contributed by atoms with Gasteiger partial charge in [0.25, 0.3) is 5.91 Å². The Labute approximate surface area is 142 Å². The fraction of sp³-hybridized carbons (Fsp3) is 0.105. The first-order chi connectivity index (χ1) is 12.1. The summed E-state index contributed by atoms with van der Waals surface area (Å²) in [7, 11) is 0. The summed E-state index contributed by atoms with van der Waals surface area (Å²) in [6, 6.07) is 14.8. The number of benzene rings is 2. The van der Waals surface area contributed by atoms with Crippen LogP contribution in [0.5, 0.6) is 0 Å². The molecule has 0 unspecified atom stereocenters. The zero-order valence-electron chi connectivity index (χ0n) is 13.2. The molecule has 0 aliphatic carbocycles. The number of para-hydroxylation sites is 1. The molecule has 0 saturated heterocycles. The van der Waals surface area contributed by atoms with Gasteiger partial charge in [0.05, 0.1) is 5.69 Å². The molecule has 5 nitrogen and oxygen atoms in total. The van der Waals surface area contributed by atoms with Crippen LogP contribution in [0.1, 0.15) is 16.1 Å². The number of carbonyl (C=O) groups is 1. The monoisotopic (exact) mass is 335 g/mol. The molecule has 0 bridgehead atoms. The SMILES string of the molecule is O=C(c1cc(-c2ccc(F)cc2)nc(=O)[nH]1)N1CCc2ccccc21. The molecule has 4 rings (SSSR count). The Morgan fingerprint density at radius 1 is 1.12 bits per heavy atom. The summed E-state index contributed by atoms with van der Waals surface area (Å²) >= 11 is 0. The number of carbonyl (C=O) groups excluding carboxylic acids is 1. The largest absolute Gasteiger partial charge is 0.346 e. The molecule has 0 spiro atoms. The van der Waals surface area contributed by atoms with Crippen molar-refractivity contribution in [3.63, 3.8) is 0 Å². The molecule has 1 N–H and O–H groups in total. The van der Waals surface area contributed by atoms with E-state index >= 15 is 0 Å². The van der Waals surface area contributed by atoms with E-state index in [1.165, 1.54) is 30.3 Å². The van der Waals surface area contributed by atoms with Gasteiger partial charge in [0.15, 0.2) is 0 Å². The van der Waals surface area contributed by atoms with Gasteiger partial charge >= 0.3 is 5.69 Å². The number of nitrogens with zero attached hydrogens (tertiary/aromatic N) is 2. The first-order valence-corrected chi connectivity index (χ1v) is 7.89. The lowest BCUT2D eigenvalue weighted by molar-refractivity contribution is 0.0984. The standard InChI is InChI=1S/C19H14FN3O2/c20-14-7-5-12(6-8-14)15-11-16(22-19(25)21-15)18(24)23-10-9-13-3-1-2-4-17(13)23/h1-8,11H,9-10H2,(H,21,22,25). The summed E-state index contributed by atoms with van der Waals surface area (Å²) in [5.41, 5.74) is 2.41. The van der Waals surface area contributed by atoms with E-state index in [-0.39, 0.29) is 17.4 Å². The van der Waals surface area contributed by atoms with Gasteiger partial charge in [0.2, 0.25) is 0 Å². The van der Waals surface area contributed by atoms with Gasteiger partial charge in [-0.25, -0.2) is 9.18 Å². The molecule has 0 fully saturated rings. The third-order valence-corrected chi connectivity index (χ3v) is 4.25. The number of anilines is 1. The van der Waals surface area contributed by atoms with Crippen LogP contribution in [0.4, 0.5) is 10.1 Å². The Balaban J connectivity index is 1.73. The highest BCUT2D eigenvalue weighted by molar-refractivity contribution is 6.06. The number of rotatable bonds is 2. The number of hydrogen-bond acceptors (Lipinski definition) is 3. The normalized spacial score (nSPS) is 12.9. The molecule has 1 aliphatic rings. The van der Waals surface area contributed by atoms with Gasteiger partial charge in [-0.1, -0.05) is 18.2 Å². The van der Waals surface area contributed by atoms with Gasteiger partial charge in [-0.3, -0.25) is 4.79 Å². The Kier molecular flexibility index (Phi) is 3.65. The van der Waals surface area contributed by atoms with Gasteiger partial charge in [0, 0.05) is 17.8 Å². The second kappa shape index (κ2) is 5.98. The minimum Gasteiger partial charge on any atom is -0.306 e. The van der Waals surface area contributed by atoms with Crippen LogP contribution in [-0.4, -0.2) is 22.4 Å². The van der Waals surface area contributed by atoms with Gasteiger partial charge in [0.1, 0.15) is 11.5 Å². The molecule has 124 valence electrons. The molecule has 1 amide bonds. The van der Waals surface area contributed by atoms with E-state index in [1.807, 2.05) is 24.3 Å². The van der Waals surface area contributed by atoms with E-state index in [9.17, 15) is 14.0 Å². The summed E-state index contributed by atoms with van der Waals surface area (Å²) in [5.74, 6) is -0.661. The van der Waals surface area contributed by atoms with Gasteiger partial charge < -0.3 is 9.88 Å². The second-order valence-electron chi connectivity index (χ2n) is 5.83. The number of amides is 1. The minimum absolute atomic E-state index is 0.163. The number of aromatic nitrogens is 2. The molecule has 2 heterocycles. The molecule has 0 radical (unpaired) electrons. The van der Waals surface area contributed by atoms with Crippen LogP contribution < -0.4 is 10.6 Å². The van der Waals surface area contributed by atoms with E-state index in [1.54, 1.807) is 4.90 Å². The Morgan fingerprint density at radius 3 is 2.68 bits per heavy atom. The summed E-state index contributed by atoms with van der Waals surface area (Å²) in [5, 5.41) is 0. The molecule has 0 saturated carbocycles. The molecule has 1 aliphatic heterocycles. The zero-order chi connectivity index (χ0) is 17.4. The third-order valence-electron chi connectivity index (χ3n) is 4.25. The Hall–Kier alpha value is -3.28. The maximum absolute atomic E-state index is 13.1. The first-order valence-electron chi connectivity index (χ1n) is 7.89. The van der Waals surface area contributed by atoms with Crippen molar-refractivity contribution in [1.29, 1.82) is 0 Å². The molecule has 6 heteroatoms. The number of H-pyrrole nitrogens is 1. The van der Waals surface area contributed by atoms with Crippen LogP contribution >= 0.6 is 0 Å². The third kappa shape index (κ3) is 2.82. The maximum atomic E-state index is 13.1. The van der Waals surface area contributed by atoms with Crippen LogP contribution in [0.25, 0.3) is 11.3 Å². The van der Waals surface area contributed by atoms with Crippen LogP contribution in [0.3, 0.4) is 0 Å². The molecule has 3 aromatic rings. The Morgan fingerprint density at radius 2 is 1.88 bits per heavy atom. The number of nitrogens with one attached hydrogen (secondary N) is 1. The smallest absolute Gasteiger partial charge is 0.306 e. The number of halogens is 1. The lowest BCUT2D eigenvalue weighted by atomic mass is 10.1. The van der Waals surface area contributed by atoms with E-state index < -0.39 is 5.69 Å². The predicted octanol–water partition coefficient (Wildman–Crippen LogP) is 2.78. The van der Waals surface area contributed by atoms with Crippen molar-refractivity contribution in [1.82, 2.24) is 9.97 Å². The van der Waals surface area contributed by atoms with E-state index in [2.05, 4.69) is 9.97 Å². The summed E-state index contributed by atoms with van der Waals surface area (Å²) in [6.07, 6.45) is 0.780. The number of aromatic amines is 1. The molecule has 1 aromatic heterocycles. The van der Waals surface area contributed by atoms with Crippen molar-refractivity contribution in [2.45, 2.75) is 6.42 Å². The maximum Gasteiger partial charge on any atom is 0.346 e. The van der Waals surface area contributed by atoms with Gasteiger partial charge in [-0.2, -0.15) is 4.98 Å². The van der Waals surface area contributed by atoms with Crippen molar-refractivity contribution in [3.05, 3.63) is 82.2 Å². The van der Waals surface area contributed by atoms with E-state index in [4.69, 9.17) is 0 Å². The fourth-order valence-corrected chi connectivity index (χ4v) is 3.04. The average molecular weight is 335 g/mol. The highest BCUT2D eigenvalue weighted by Gasteiger charge is 2.26. The zero-order valence-corrected chi connectivity index (χ0v) is 13.2. The second-order valence-corrected chi connectivity index (χ2v) is 5.83. The quantitative estimate of drug-likeness (QED) is 0.783. The highest BCUT2D eigenvalue weighted by Crippen LogP contribution is 2.28. The lowest BCUT2D eigenvalue weighted by Crippen LogP contribution is -2.31. The topological polar surface area (TPSA) is 66.1 Å². The Bertz CT molecular complexity index is 1010. The van der Waals surface area contributed by atoms with Crippen molar-refractivity contribution >= 4 is 11.6 Å². The summed E-state index contributed by atoms with van der Waals surface area (Å²) < 4.78 is 13.1. The van der Waals surface area contributed by atoms with Crippen LogP contribution in [0.15, 0.2) is 59.4 Å². The van der Waals surface area contributed by atoms with Crippen molar-refractivity contribution in [2.24, 2.45) is 0 Å². The molecule has 2 aromatic carbocycles. The first kappa shape index (κ1) is 15.3. The number of hydrogen-bond donors (Lipinski definition) is 1. The van der Waals surface area contributed by atoms with Crippen molar-refractivity contribution in [2.75, 3.05) is 11.4 Å². The predicted molar refractivity (Wildman–Crippen MR) is 92.1 cm³/mol. The lowest BCUT2D eigenvalue weighted by Gasteiger charge is -2.17. The molecule has 25 heavy (non-hydrogen) atoms. The molecular weight excluding hydrogens is 321 g/mol. The minimum atomic E-state index is -0.613. The van der Waals surface area contributed by atoms with Crippen LogP contribution in [0.2, 0.25) is 0 Å². The number of fused-ring (bicyclic) bond motifs is 1. The van der Waals surface area contributed by atoms with Crippen molar-refractivity contribution < 1.29 is 9.18 Å². The summed E-state index contributed by atoms with van der Waals surface area (Å²) in [4.78, 5) is 32.8. The summed E-state index contributed by atoms with van der Waals surface area (Å²) in [6.45, 7) is 0.564. The highest BCUT2D eigenvalue weighted by atomic mass is 19.1. The van der Waals surface area contributed by atoms with E-state index in [0.717, 1.165) is 17.7 Å². The fourth-order valence-electron chi connectivity index (χ4n) is 3.04. The molecular formula is C19H14FN3O2. The van der Waals surface area contributed by atoms with E-state index in [0.29, 0.717) is 17.8 Å². The van der Waals surface area contributed by atoms with Crippen LogP contribution in [0, 0.1) is 5.82 Å². The average Bonchev–Trinajstić information content (AvgIpc) is 3.05. The van der Waals surface area contributed by atoms with Gasteiger partial charge in [-0.05, 0) is 48.4 Å². The van der Waals surface area contributed by atoms with Crippen LogP contribution in [-0.2, 0) is 6.42 Å².